The van der Waals surface area contributed by atoms with Crippen LogP contribution in [0.1, 0.15) is 37.2 Å². The number of alkyl halides is 3. The molecule has 10 heteroatoms. The maximum Gasteiger partial charge on any atom is 0.410 e. The Morgan fingerprint density at radius 2 is 1.74 bits per heavy atom. The van der Waals surface area contributed by atoms with Crippen LogP contribution in [0.5, 0.6) is 5.88 Å². The van der Waals surface area contributed by atoms with Crippen LogP contribution in [0.4, 0.5) is 13.2 Å². The van der Waals surface area contributed by atoms with E-state index in [1.807, 2.05) is 6.92 Å². The molecule has 3 aromatic rings. The fraction of sp³-hybridized carbons (Fsp3) is 0.400. The quantitative estimate of drug-likeness (QED) is 0.415. The first-order valence-corrected chi connectivity index (χ1v) is 12.3. The van der Waals surface area contributed by atoms with Gasteiger partial charge in [0.2, 0.25) is 5.88 Å². The van der Waals surface area contributed by atoms with Gasteiger partial charge in [-0.3, -0.25) is 0 Å². The fourth-order valence-electron chi connectivity index (χ4n) is 3.64. The van der Waals surface area contributed by atoms with E-state index >= 15 is 0 Å². The molecule has 0 bridgehead atoms. The number of benzene rings is 1. The summed E-state index contributed by atoms with van der Waals surface area (Å²) in [6, 6.07) is 9.99. The van der Waals surface area contributed by atoms with E-state index in [2.05, 4.69) is 19.7 Å². The number of pyridine rings is 1. The minimum atomic E-state index is -4.73. The minimum Gasteiger partial charge on any atom is -0.475 e. The van der Waals surface area contributed by atoms with Crippen LogP contribution in [0.15, 0.2) is 53.7 Å². The molecule has 35 heavy (non-hydrogen) atoms. The van der Waals surface area contributed by atoms with Crippen molar-refractivity contribution in [2.75, 3.05) is 6.61 Å². The molecule has 1 N–H and O–H groups in total. The maximum atomic E-state index is 14.5. The summed E-state index contributed by atoms with van der Waals surface area (Å²) in [7, 11) is -2.10. The molecule has 6 nitrogen and oxygen atoms in total. The second-order valence-corrected chi connectivity index (χ2v) is 10.2. The number of ether oxygens (including phenoxy) is 1. The summed E-state index contributed by atoms with van der Waals surface area (Å²) in [4.78, 5) is 12.9. The van der Waals surface area contributed by atoms with Crippen LogP contribution in [0.25, 0.3) is 11.3 Å². The van der Waals surface area contributed by atoms with Gasteiger partial charge in [0.05, 0.1) is 10.6 Å². The number of nitrogens with one attached hydrogen (secondary N) is 1. The highest BCUT2D eigenvalue weighted by atomic mass is 32.2. The predicted octanol–water partition coefficient (Wildman–Crippen LogP) is 5.50. The predicted molar refractivity (Wildman–Crippen MR) is 129 cm³/mol. The zero-order valence-electron chi connectivity index (χ0n) is 20.3. The molecule has 0 aliphatic carbocycles. The highest BCUT2D eigenvalue weighted by Gasteiger charge is 2.57. The van der Waals surface area contributed by atoms with Gasteiger partial charge in [-0.05, 0) is 57.4 Å². The van der Waals surface area contributed by atoms with E-state index in [9.17, 15) is 17.4 Å². The van der Waals surface area contributed by atoms with Crippen LogP contribution in [0.3, 0.4) is 0 Å². The third-order valence-corrected chi connectivity index (χ3v) is 6.66. The van der Waals surface area contributed by atoms with Crippen molar-refractivity contribution in [1.82, 2.24) is 19.7 Å². The van der Waals surface area contributed by atoms with Crippen molar-refractivity contribution in [3.05, 3.63) is 65.7 Å². The van der Waals surface area contributed by atoms with Gasteiger partial charge in [0.1, 0.15) is 23.4 Å². The molecular weight excluding hydrogens is 477 g/mol. The van der Waals surface area contributed by atoms with Gasteiger partial charge in [0.25, 0.3) is 0 Å². The second-order valence-electron chi connectivity index (χ2n) is 8.99. The second kappa shape index (κ2) is 10.8. The average molecular weight is 507 g/mol. The number of hydrogen-bond donors (Lipinski definition) is 1. The Kier molecular flexibility index (Phi) is 8.27. The first-order valence-electron chi connectivity index (χ1n) is 11.1. The summed E-state index contributed by atoms with van der Waals surface area (Å²) in [6.07, 6.45) is -1.93. The van der Waals surface area contributed by atoms with Crippen LogP contribution < -0.4 is 9.46 Å². The fourth-order valence-corrected chi connectivity index (χ4v) is 4.76. The Hall–Kier alpha value is -2.85. The molecule has 2 heterocycles. The zero-order valence-corrected chi connectivity index (χ0v) is 21.1. The number of aromatic nitrogens is 3. The van der Waals surface area contributed by atoms with E-state index < -0.39 is 29.3 Å². The third-order valence-electron chi connectivity index (χ3n) is 5.38. The number of nitrogens with zero attached hydrogens (tertiary/aromatic N) is 3. The first-order chi connectivity index (χ1) is 16.4. The van der Waals surface area contributed by atoms with Crippen LogP contribution in [-0.2, 0) is 11.0 Å². The third kappa shape index (κ3) is 6.64. The van der Waals surface area contributed by atoms with E-state index in [1.54, 1.807) is 70.3 Å². The lowest BCUT2D eigenvalue weighted by atomic mass is 9.90. The van der Waals surface area contributed by atoms with E-state index in [1.165, 1.54) is 6.20 Å². The normalized spacial score (nSPS) is 14.5. The summed E-state index contributed by atoms with van der Waals surface area (Å²) >= 11 is 0. The topological polar surface area (TPSA) is 77.0 Å². The SMILES string of the molecule is Cc1ccc(S(=O)NC(COc2ncc(-c3ccnc(C)n3)cc2C)(CC(C)C)C(F)(F)F)cc1. The molecule has 2 unspecified atom stereocenters. The van der Waals surface area contributed by atoms with Crippen molar-refractivity contribution >= 4 is 11.0 Å². The largest absolute Gasteiger partial charge is 0.475 e. The van der Waals surface area contributed by atoms with E-state index in [-0.39, 0.29) is 23.1 Å². The Balaban J connectivity index is 1.88. The van der Waals surface area contributed by atoms with Crippen molar-refractivity contribution in [2.45, 2.75) is 57.7 Å². The molecule has 0 amide bonds. The smallest absolute Gasteiger partial charge is 0.410 e. The maximum absolute atomic E-state index is 14.5. The summed E-state index contributed by atoms with van der Waals surface area (Å²) in [5.41, 5.74) is 0.273. The summed E-state index contributed by atoms with van der Waals surface area (Å²) in [5, 5.41) is 0. The Bertz CT molecular complexity index is 1190. The molecule has 0 fully saturated rings. The van der Waals surface area contributed by atoms with Crippen LogP contribution in [0.2, 0.25) is 0 Å². The van der Waals surface area contributed by atoms with E-state index in [4.69, 9.17) is 4.74 Å². The zero-order chi connectivity index (χ0) is 25.8. The summed E-state index contributed by atoms with van der Waals surface area (Å²) < 4.78 is 64.4. The molecule has 0 radical (unpaired) electrons. The Morgan fingerprint density at radius 3 is 2.31 bits per heavy atom. The van der Waals surface area contributed by atoms with Crippen LogP contribution >= 0.6 is 0 Å². The first kappa shape index (κ1) is 26.7. The monoisotopic (exact) mass is 506 g/mol. The number of hydrogen-bond acceptors (Lipinski definition) is 5. The van der Waals surface area contributed by atoms with Crippen molar-refractivity contribution in [1.29, 1.82) is 0 Å². The van der Waals surface area contributed by atoms with Gasteiger partial charge in [-0.15, -0.1) is 0 Å². The summed E-state index contributed by atoms with van der Waals surface area (Å²) in [5.74, 6) is 0.316. The Morgan fingerprint density at radius 1 is 1.06 bits per heavy atom. The molecule has 2 atom stereocenters. The van der Waals surface area contributed by atoms with Gasteiger partial charge in [0.15, 0.2) is 5.54 Å². The van der Waals surface area contributed by atoms with Crippen LogP contribution in [-0.4, -0.2) is 37.5 Å². The molecule has 0 aliphatic heterocycles. The highest BCUT2D eigenvalue weighted by molar-refractivity contribution is 7.83. The Labute approximate surface area is 206 Å². The van der Waals surface area contributed by atoms with E-state index in [0.717, 1.165) is 5.56 Å². The molecule has 1 aromatic carbocycles. The molecule has 3 rings (SSSR count). The number of rotatable bonds is 9. The lowest BCUT2D eigenvalue weighted by molar-refractivity contribution is -0.203. The molecule has 0 spiro atoms. The van der Waals surface area contributed by atoms with Gasteiger partial charge in [-0.2, -0.15) is 13.2 Å². The summed E-state index contributed by atoms with van der Waals surface area (Å²) in [6.45, 7) is 7.89. The van der Waals surface area contributed by atoms with Crippen molar-refractivity contribution in [3.63, 3.8) is 0 Å². The highest BCUT2D eigenvalue weighted by Crippen LogP contribution is 2.37. The standard InChI is InChI=1S/C25H29F3N4O2S/c1-16(2)13-24(25(26,27)28,32-35(33)21-8-6-17(3)7-9-21)15-34-23-18(4)12-20(14-30-23)22-10-11-29-19(5)31-22/h6-12,14,16,32H,13,15H2,1-5H3. The van der Waals surface area contributed by atoms with Gasteiger partial charge < -0.3 is 4.74 Å². The van der Waals surface area contributed by atoms with Crippen molar-refractivity contribution in [2.24, 2.45) is 5.92 Å². The van der Waals surface area contributed by atoms with Crippen molar-refractivity contribution in [3.8, 4) is 17.1 Å². The molecule has 0 saturated carbocycles. The molecular formula is C25H29F3N4O2S. The number of aryl methyl sites for hydroxylation is 3. The average Bonchev–Trinajstić information content (AvgIpc) is 2.77. The molecule has 2 aromatic heterocycles. The van der Waals surface area contributed by atoms with Crippen molar-refractivity contribution < 1.29 is 22.1 Å². The lowest BCUT2D eigenvalue weighted by Gasteiger charge is -2.37. The number of halogens is 3. The minimum absolute atomic E-state index is 0.0693. The molecule has 0 saturated heterocycles. The van der Waals surface area contributed by atoms with Gasteiger partial charge in [-0.25, -0.2) is 23.9 Å². The van der Waals surface area contributed by atoms with Gasteiger partial charge >= 0.3 is 6.18 Å². The van der Waals surface area contributed by atoms with Crippen LogP contribution in [0, 0.1) is 26.7 Å². The van der Waals surface area contributed by atoms with Gasteiger partial charge in [-0.1, -0.05) is 31.5 Å². The van der Waals surface area contributed by atoms with E-state index in [0.29, 0.717) is 22.6 Å². The van der Waals surface area contributed by atoms with Gasteiger partial charge in [0, 0.05) is 23.5 Å². The molecule has 0 aliphatic rings. The lowest BCUT2D eigenvalue weighted by Crippen LogP contribution is -2.61. The molecule has 188 valence electrons.